The quantitative estimate of drug-likeness (QED) is 0.468. The van der Waals surface area contributed by atoms with Crippen molar-refractivity contribution < 1.29 is 14.0 Å². The Balaban J connectivity index is 1.94. The van der Waals surface area contributed by atoms with Crippen LogP contribution < -0.4 is 9.83 Å². The Kier molecular flexibility index (Phi) is 6.00. The molecule has 158 valence electrons. The van der Waals surface area contributed by atoms with Crippen LogP contribution in [-0.2, 0) is 15.4 Å². The molecule has 0 aliphatic rings. The lowest BCUT2D eigenvalue weighted by molar-refractivity contribution is 0.387. The fraction of sp³-hybridized carbons (Fsp3) is 0.308. The summed E-state index contributed by atoms with van der Waals surface area (Å²) in [4.78, 5) is 10.8. The van der Waals surface area contributed by atoms with Gasteiger partial charge in [0.25, 0.3) is 0 Å². The van der Waals surface area contributed by atoms with Crippen LogP contribution >= 0.6 is 7.60 Å². The normalized spacial score (nSPS) is 14.2. The van der Waals surface area contributed by atoms with E-state index in [0.717, 1.165) is 16.7 Å². The van der Waals surface area contributed by atoms with Gasteiger partial charge in [0.05, 0.1) is 5.30 Å². The SMILES string of the molecule is CC(C)(C)c1ccc(OP(=O)(O)c2ccc(-c3ccccc3)cc2)c(C(C)(C)C)c1. The van der Waals surface area contributed by atoms with Crippen molar-refractivity contribution >= 4 is 12.9 Å². The molecule has 0 amide bonds. The Morgan fingerprint density at radius 3 is 1.83 bits per heavy atom. The molecule has 3 rings (SSSR count). The van der Waals surface area contributed by atoms with Crippen molar-refractivity contribution in [1.29, 1.82) is 0 Å². The van der Waals surface area contributed by atoms with Gasteiger partial charge in [0.1, 0.15) is 5.75 Å². The van der Waals surface area contributed by atoms with Crippen molar-refractivity contribution in [1.82, 2.24) is 0 Å². The van der Waals surface area contributed by atoms with Crippen LogP contribution in [0.5, 0.6) is 5.75 Å². The average molecular weight is 423 g/mol. The van der Waals surface area contributed by atoms with Crippen LogP contribution in [0, 0.1) is 0 Å². The van der Waals surface area contributed by atoms with Crippen LogP contribution in [-0.4, -0.2) is 4.89 Å². The van der Waals surface area contributed by atoms with Crippen molar-refractivity contribution in [2.45, 2.75) is 52.4 Å². The Morgan fingerprint density at radius 2 is 1.30 bits per heavy atom. The molecule has 0 aliphatic carbocycles. The van der Waals surface area contributed by atoms with E-state index in [1.54, 1.807) is 12.1 Å². The molecule has 0 heterocycles. The van der Waals surface area contributed by atoms with Crippen LogP contribution in [0.3, 0.4) is 0 Å². The van der Waals surface area contributed by atoms with Crippen molar-refractivity contribution in [3.8, 4) is 16.9 Å². The first-order valence-corrected chi connectivity index (χ1v) is 11.8. The van der Waals surface area contributed by atoms with Crippen LogP contribution in [0.25, 0.3) is 11.1 Å². The van der Waals surface area contributed by atoms with Gasteiger partial charge in [-0.15, -0.1) is 0 Å². The standard InChI is InChI=1S/C26H31O3P/c1-25(2,3)21-14-17-24(23(18-21)26(4,5)6)29-30(27,28)22-15-12-20(13-16-22)19-10-8-7-9-11-19/h7-18H,1-6H3,(H,27,28). The van der Waals surface area contributed by atoms with E-state index in [1.165, 1.54) is 5.56 Å². The molecule has 0 spiro atoms. The molecular formula is C26H31O3P. The summed E-state index contributed by atoms with van der Waals surface area (Å²) in [6.07, 6.45) is 0. The van der Waals surface area contributed by atoms with E-state index in [4.69, 9.17) is 4.52 Å². The van der Waals surface area contributed by atoms with E-state index in [2.05, 4.69) is 47.6 Å². The average Bonchev–Trinajstić information content (AvgIpc) is 2.67. The molecule has 0 fully saturated rings. The van der Waals surface area contributed by atoms with Gasteiger partial charge in [-0.25, -0.2) is 4.57 Å². The maximum Gasteiger partial charge on any atom is 0.408 e. The first kappa shape index (κ1) is 22.3. The minimum absolute atomic E-state index is 0.0191. The number of benzene rings is 3. The summed E-state index contributed by atoms with van der Waals surface area (Å²) in [7, 11) is -4.03. The highest BCUT2D eigenvalue weighted by Gasteiger charge is 2.29. The van der Waals surface area contributed by atoms with E-state index in [0.29, 0.717) is 5.75 Å². The topological polar surface area (TPSA) is 46.5 Å². The van der Waals surface area contributed by atoms with E-state index in [-0.39, 0.29) is 16.1 Å². The predicted octanol–water partition coefficient (Wildman–Crippen LogP) is 6.84. The summed E-state index contributed by atoms with van der Waals surface area (Å²) >= 11 is 0. The lowest BCUT2D eigenvalue weighted by Gasteiger charge is -2.28. The summed E-state index contributed by atoms with van der Waals surface area (Å²) in [5.41, 5.74) is 3.89. The van der Waals surface area contributed by atoms with Gasteiger partial charge in [-0.05, 0) is 45.7 Å². The second-order valence-electron chi connectivity index (χ2n) is 9.74. The zero-order chi connectivity index (χ0) is 22.2. The van der Waals surface area contributed by atoms with Gasteiger partial charge in [0.15, 0.2) is 0 Å². The Morgan fingerprint density at radius 1 is 0.733 bits per heavy atom. The van der Waals surface area contributed by atoms with Gasteiger partial charge >= 0.3 is 7.60 Å². The molecule has 1 unspecified atom stereocenters. The first-order valence-electron chi connectivity index (χ1n) is 10.2. The van der Waals surface area contributed by atoms with Crippen molar-refractivity contribution in [3.05, 3.63) is 83.9 Å². The molecule has 3 aromatic carbocycles. The molecule has 3 nitrogen and oxygen atoms in total. The monoisotopic (exact) mass is 422 g/mol. The molecule has 4 heteroatoms. The number of hydrogen-bond donors (Lipinski definition) is 1. The molecule has 0 saturated heterocycles. The maximum atomic E-state index is 13.1. The Labute approximate surface area is 180 Å². The van der Waals surface area contributed by atoms with Crippen LogP contribution in [0.4, 0.5) is 0 Å². The van der Waals surface area contributed by atoms with Gasteiger partial charge in [-0.3, -0.25) is 0 Å². The van der Waals surface area contributed by atoms with Crippen molar-refractivity contribution in [2.24, 2.45) is 0 Å². The zero-order valence-corrected chi connectivity index (χ0v) is 19.5. The summed E-state index contributed by atoms with van der Waals surface area (Å²) in [5, 5.41) is 0.280. The Bertz CT molecular complexity index is 1060. The summed E-state index contributed by atoms with van der Waals surface area (Å²) in [6.45, 7) is 12.7. The summed E-state index contributed by atoms with van der Waals surface area (Å²) < 4.78 is 18.9. The highest BCUT2D eigenvalue weighted by Crippen LogP contribution is 2.46. The molecule has 0 saturated carbocycles. The molecule has 3 aromatic rings. The first-order chi connectivity index (χ1) is 13.9. The summed E-state index contributed by atoms with van der Waals surface area (Å²) in [5.74, 6) is 0.452. The number of hydrogen-bond acceptors (Lipinski definition) is 2. The van der Waals surface area contributed by atoms with Gasteiger partial charge in [0, 0.05) is 5.56 Å². The van der Waals surface area contributed by atoms with Gasteiger partial charge in [-0.2, -0.15) is 0 Å². The smallest absolute Gasteiger partial charge is 0.408 e. The molecule has 0 radical (unpaired) electrons. The van der Waals surface area contributed by atoms with Gasteiger partial charge in [0.2, 0.25) is 0 Å². The molecule has 30 heavy (non-hydrogen) atoms. The minimum Gasteiger partial charge on any atom is -0.421 e. The van der Waals surface area contributed by atoms with E-state index in [1.807, 2.05) is 54.6 Å². The predicted molar refractivity (Wildman–Crippen MR) is 126 cm³/mol. The highest BCUT2D eigenvalue weighted by molar-refractivity contribution is 7.61. The lowest BCUT2D eigenvalue weighted by atomic mass is 9.80. The third-order valence-electron chi connectivity index (χ3n) is 5.18. The molecule has 0 bridgehead atoms. The van der Waals surface area contributed by atoms with E-state index in [9.17, 15) is 9.46 Å². The lowest BCUT2D eigenvalue weighted by Crippen LogP contribution is -2.18. The van der Waals surface area contributed by atoms with E-state index < -0.39 is 7.60 Å². The minimum atomic E-state index is -4.03. The van der Waals surface area contributed by atoms with Crippen molar-refractivity contribution in [3.63, 3.8) is 0 Å². The third-order valence-corrected chi connectivity index (χ3v) is 6.57. The fourth-order valence-corrected chi connectivity index (χ4v) is 4.38. The molecule has 0 aromatic heterocycles. The van der Waals surface area contributed by atoms with Crippen LogP contribution in [0.2, 0.25) is 0 Å². The summed E-state index contributed by atoms with van der Waals surface area (Å²) in [6, 6.07) is 22.9. The maximum absolute atomic E-state index is 13.1. The highest BCUT2D eigenvalue weighted by atomic mass is 31.2. The zero-order valence-electron chi connectivity index (χ0n) is 18.6. The molecule has 1 atom stereocenters. The van der Waals surface area contributed by atoms with Crippen LogP contribution in [0.15, 0.2) is 72.8 Å². The van der Waals surface area contributed by atoms with Gasteiger partial charge in [-0.1, -0.05) is 96.1 Å². The van der Waals surface area contributed by atoms with Crippen molar-refractivity contribution in [2.75, 3.05) is 0 Å². The largest absolute Gasteiger partial charge is 0.421 e. The van der Waals surface area contributed by atoms with E-state index >= 15 is 0 Å². The fourth-order valence-electron chi connectivity index (χ4n) is 3.32. The second kappa shape index (κ2) is 8.06. The number of rotatable bonds is 4. The molecule has 1 N–H and O–H groups in total. The molecular weight excluding hydrogens is 391 g/mol. The second-order valence-corrected chi connectivity index (χ2v) is 11.5. The Hall–Kier alpha value is -2.35. The van der Waals surface area contributed by atoms with Crippen LogP contribution in [0.1, 0.15) is 52.7 Å². The van der Waals surface area contributed by atoms with Gasteiger partial charge < -0.3 is 9.42 Å². The third kappa shape index (κ3) is 5.03. The molecule has 0 aliphatic heterocycles.